The van der Waals surface area contributed by atoms with E-state index in [1.807, 2.05) is 37.3 Å². The van der Waals surface area contributed by atoms with E-state index in [1.165, 1.54) is 7.11 Å². The SMILES string of the molecule is COC(=O)c1cc2cc(OC)ccc2cc1C. The van der Waals surface area contributed by atoms with Gasteiger partial charge in [0.05, 0.1) is 19.8 Å². The maximum absolute atomic E-state index is 11.6. The highest BCUT2D eigenvalue weighted by Gasteiger charge is 2.10. The third kappa shape index (κ3) is 2.09. The first kappa shape index (κ1) is 11.5. The minimum Gasteiger partial charge on any atom is -0.497 e. The molecule has 0 aliphatic heterocycles. The molecule has 2 rings (SSSR count). The van der Waals surface area contributed by atoms with Crippen molar-refractivity contribution in [3.63, 3.8) is 0 Å². The average Bonchev–Trinajstić information content (AvgIpc) is 2.36. The number of benzene rings is 2. The van der Waals surface area contributed by atoms with E-state index in [9.17, 15) is 4.79 Å². The number of fused-ring (bicyclic) bond motifs is 1. The first-order valence-electron chi connectivity index (χ1n) is 5.32. The average molecular weight is 230 g/mol. The number of carbonyl (C=O) groups is 1. The molecule has 0 aromatic heterocycles. The Balaban J connectivity index is 2.64. The van der Waals surface area contributed by atoms with Crippen molar-refractivity contribution in [2.75, 3.05) is 14.2 Å². The molecule has 0 radical (unpaired) electrons. The quantitative estimate of drug-likeness (QED) is 0.744. The Morgan fingerprint density at radius 3 is 2.47 bits per heavy atom. The lowest BCUT2D eigenvalue weighted by Gasteiger charge is -2.07. The molecular weight excluding hydrogens is 216 g/mol. The van der Waals surface area contributed by atoms with E-state index in [0.29, 0.717) is 5.56 Å². The van der Waals surface area contributed by atoms with Crippen LogP contribution in [-0.4, -0.2) is 20.2 Å². The fourth-order valence-corrected chi connectivity index (χ4v) is 1.85. The second kappa shape index (κ2) is 4.45. The maximum Gasteiger partial charge on any atom is 0.338 e. The molecule has 0 fully saturated rings. The van der Waals surface area contributed by atoms with Crippen LogP contribution in [0, 0.1) is 6.92 Å². The first-order chi connectivity index (χ1) is 8.15. The zero-order valence-corrected chi connectivity index (χ0v) is 10.1. The highest BCUT2D eigenvalue weighted by molar-refractivity contribution is 5.97. The van der Waals surface area contributed by atoms with Crippen molar-refractivity contribution in [3.8, 4) is 5.75 Å². The number of carbonyl (C=O) groups excluding carboxylic acids is 1. The van der Waals surface area contributed by atoms with Gasteiger partial charge in [-0.1, -0.05) is 12.1 Å². The summed E-state index contributed by atoms with van der Waals surface area (Å²) in [7, 11) is 3.01. The van der Waals surface area contributed by atoms with Crippen LogP contribution in [0.2, 0.25) is 0 Å². The molecule has 17 heavy (non-hydrogen) atoms. The van der Waals surface area contributed by atoms with Crippen LogP contribution in [0.4, 0.5) is 0 Å². The van der Waals surface area contributed by atoms with E-state index >= 15 is 0 Å². The van der Waals surface area contributed by atoms with Gasteiger partial charge in [-0.3, -0.25) is 0 Å². The monoisotopic (exact) mass is 230 g/mol. The molecule has 2 aromatic rings. The molecule has 0 spiro atoms. The van der Waals surface area contributed by atoms with Crippen LogP contribution in [0.25, 0.3) is 10.8 Å². The summed E-state index contributed by atoms with van der Waals surface area (Å²) in [5.74, 6) is 0.462. The van der Waals surface area contributed by atoms with Crippen molar-refractivity contribution in [1.29, 1.82) is 0 Å². The minimum absolute atomic E-state index is 0.313. The van der Waals surface area contributed by atoms with E-state index in [-0.39, 0.29) is 5.97 Å². The summed E-state index contributed by atoms with van der Waals surface area (Å²) in [6.07, 6.45) is 0. The number of ether oxygens (including phenoxy) is 2. The molecule has 0 saturated carbocycles. The molecule has 0 aliphatic carbocycles. The van der Waals surface area contributed by atoms with Crippen molar-refractivity contribution >= 4 is 16.7 Å². The number of hydrogen-bond acceptors (Lipinski definition) is 3. The summed E-state index contributed by atoms with van der Waals surface area (Å²) in [4.78, 5) is 11.6. The molecule has 0 bridgehead atoms. The summed E-state index contributed by atoms with van der Waals surface area (Å²) >= 11 is 0. The fourth-order valence-electron chi connectivity index (χ4n) is 1.85. The molecular formula is C14H14O3. The fraction of sp³-hybridized carbons (Fsp3) is 0.214. The van der Waals surface area contributed by atoms with Gasteiger partial charge in [0.2, 0.25) is 0 Å². The lowest BCUT2D eigenvalue weighted by molar-refractivity contribution is 0.0600. The highest BCUT2D eigenvalue weighted by atomic mass is 16.5. The van der Waals surface area contributed by atoms with E-state index in [2.05, 4.69) is 0 Å². The zero-order valence-electron chi connectivity index (χ0n) is 10.1. The van der Waals surface area contributed by atoms with Gasteiger partial charge >= 0.3 is 5.97 Å². The third-order valence-electron chi connectivity index (χ3n) is 2.80. The van der Waals surface area contributed by atoms with Gasteiger partial charge in [0.15, 0.2) is 0 Å². The topological polar surface area (TPSA) is 35.5 Å². The third-order valence-corrected chi connectivity index (χ3v) is 2.80. The summed E-state index contributed by atoms with van der Waals surface area (Å²) in [5, 5.41) is 2.05. The summed E-state index contributed by atoms with van der Waals surface area (Å²) in [6, 6.07) is 9.59. The Labute approximate surface area is 100.0 Å². The molecule has 0 atom stereocenters. The van der Waals surface area contributed by atoms with Crippen LogP contribution in [0.1, 0.15) is 15.9 Å². The van der Waals surface area contributed by atoms with Crippen LogP contribution in [0.3, 0.4) is 0 Å². The van der Waals surface area contributed by atoms with E-state index in [1.54, 1.807) is 7.11 Å². The van der Waals surface area contributed by atoms with Crippen LogP contribution in [-0.2, 0) is 4.74 Å². The number of methoxy groups -OCH3 is 2. The van der Waals surface area contributed by atoms with Gasteiger partial charge in [0, 0.05) is 0 Å². The second-order valence-corrected chi connectivity index (χ2v) is 3.87. The van der Waals surface area contributed by atoms with Gasteiger partial charge in [-0.25, -0.2) is 4.79 Å². The van der Waals surface area contributed by atoms with E-state index in [4.69, 9.17) is 9.47 Å². The minimum atomic E-state index is -0.313. The predicted molar refractivity (Wildman–Crippen MR) is 66.6 cm³/mol. The molecule has 0 saturated heterocycles. The standard InChI is InChI=1S/C14H14O3/c1-9-6-10-4-5-12(16-2)7-11(10)8-13(9)14(15)17-3/h4-8H,1-3H3. The van der Waals surface area contributed by atoms with Gasteiger partial charge in [0.1, 0.15) is 5.75 Å². The van der Waals surface area contributed by atoms with Crippen LogP contribution >= 0.6 is 0 Å². The molecule has 3 heteroatoms. The van der Waals surface area contributed by atoms with E-state index < -0.39 is 0 Å². The molecule has 0 unspecified atom stereocenters. The lowest BCUT2D eigenvalue weighted by Crippen LogP contribution is -2.03. The van der Waals surface area contributed by atoms with Crippen molar-refractivity contribution < 1.29 is 14.3 Å². The maximum atomic E-state index is 11.6. The van der Waals surface area contributed by atoms with Crippen LogP contribution in [0.5, 0.6) is 5.75 Å². The van der Waals surface area contributed by atoms with Crippen LogP contribution in [0.15, 0.2) is 30.3 Å². The highest BCUT2D eigenvalue weighted by Crippen LogP contribution is 2.24. The normalized spacial score (nSPS) is 10.3. The van der Waals surface area contributed by atoms with Crippen LogP contribution < -0.4 is 4.74 Å². The van der Waals surface area contributed by atoms with Gasteiger partial charge < -0.3 is 9.47 Å². The van der Waals surface area contributed by atoms with E-state index in [0.717, 1.165) is 22.1 Å². The molecule has 0 aliphatic rings. The Hall–Kier alpha value is -2.03. The lowest BCUT2D eigenvalue weighted by atomic mass is 10.0. The van der Waals surface area contributed by atoms with Gasteiger partial charge in [-0.15, -0.1) is 0 Å². The molecule has 88 valence electrons. The zero-order chi connectivity index (χ0) is 12.4. The molecule has 3 nitrogen and oxygen atoms in total. The smallest absolute Gasteiger partial charge is 0.338 e. The predicted octanol–water partition coefficient (Wildman–Crippen LogP) is 2.94. The molecule has 0 heterocycles. The van der Waals surface area contributed by atoms with Gasteiger partial charge in [-0.05, 0) is 41.5 Å². The van der Waals surface area contributed by atoms with Crippen molar-refractivity contribution in [3.05, 3.63) is 41.5 Å². The summed E-state index contributed by atoms with van der Waals surface area (Å²) < 4.78 is 9.92. The first-order valence-corrected chi connectivity index (χ1v) is 5.32. The van der Waals surface area contributed by atoms with Crippen molar-refractivity contribution in [2.24, 2.45) is 0 Å². The number of hydrogen-bond donors (Lipinski definition) is 0. The Morgan fingerprint density at radius 2 is 1.82 bits per heavy atom. The van der Waals surface area contributed by atoms with Gasteiger partial charge in [-0.2, -0.15) is 0 Å². The van der Waals surface area contributed by atoms with Gasteiger partial charge in [0.25, 0.3) is 0 Å². The number of aryl methyl sites for hydroxylation is 1. The van der Waals surface area contributed by atoms with Crippen molar-refractivity contribution in [2.45, 2.75) is 6.92 Å². The number of esters is 1. The Bertz CT molecular complexity index is 573. The van der Waals surface area contributed by atoms with Crippen molar-refractivity contribution in [1.82, 2.24) is 0 Å². The molecule has 2 aromatic carbocycles. The Morgan fingerprint density at radius 1 is 1.06 bits per heavy atom. The summed E-state index contributed by atoms with van der Waals surface area (Å²) in [6.45, 7) is 1.90. The summed E-state index contributed by atoms with van der Waals surface area (Å²) in [5.41, 5.74) is 1.50. The number of rotatable bonds is 2. The molecule has 0 N–H and O–H groups in total. The molecule has 0 amide bonds. The second-order valence-electron chi connectivity index (χ2n) is 3.87. The Kier molecular flexibility index (Phi) is 3.00. The largest absolute Gasteiger partial charge is 0.497 e.